The lowest BCUT2D eigenvalue weighted by Crippen LogP contribution is -2.49. The van der Waals surface area contributed by atoms with E-state index in [0.717, 1.165) is 6.04 Å². The Morgan fingerprint density at radius 3 is 2.48 bits per heavy atom. The van der Waals surface area contributed by atoms with Crippen molar-refractivity contribution in [2.45, 2.75) is 64.0 Å². The van der Waals surface area contributed by atoms with Crippen LogP contribution in [0, 0.1) is 13.8 Å². The first-order chi connectivity index (χ1) is 10.1. The van der Waals surface area contributed by atoms with E-state index in [2.05, 4.69) is 49.3 Å². The summed E-state index contributed by atoms with van der Waals surface area (Å²) in [7, 11) is 2.27. The van der Waals surface area contributed by atoms with E-state index in [4.69, 9.17) is 0 Å². The van der Waals surface area contributed by atoms with Gasteiger partial charge in [0.05, 0.1) is 0 Å². The third kappa shape index (κ3) is 3.67. The second-order valence-electron chi connectivity index (χ2n) is 7.34. The number of rotatable bonds is 3. The number of likely N-dealkylation sites (tertiary alicyclic amines) is 1. The largest absolute Gasteiger partial charge is 0.310 e. The summed E-state index contributed by atoms with van der Waals surface area (Å²) in [6, 6.07) is 8.49. The van der Waals surface area contributed by atoms with Gasteiger partial charge in [0.15, 0.2) is 0 Å². The summed E-state index contributed by atoms with van der Waals surface area (Å²) in [5.41, 5.74) is 4.37. The molecule has 2 nitrogen and oxygen atoms in total. The molecule has 1 aromatic carbocycles. The molecule has 1 aliphatic heterocycles. The Balaban J connectivity index is 1.68. The van der Waals surface area contributed by atoms with Gasteiger partial charge >= 0.3 is 0 Å². The summed E-state index contributed by atoms with van der Waals surface area (Å²) >= 11 is 0. The van der Waals surface area contributed by atoms with Gasteiger partial charge in [0.2, 0.25) is 0 Å². The first-order valence-electron chi connectivity index (χ1n) is 8.63. The number of aryl methyl sites for hydroxylation is 2. The summed E-state index contributed by atoms with van der Waals surface area (Å²) in [4.78, 5) is 2.51. The Morgan fingerprint density at radius 1 is 1.00 bits per heavy atom. The molecule has 2 fully saturated rings. The third-order valence-corrected chi connectivity index (χ3v) is 5.46. The molecule has 21 heavy (non-hydrogen) atoms. The molecule has 0 aromatic heterocycles. The minimum absolute atomic E-state index is 0.665. The maximum absolute atomic E-state index is 3.93. The molecule has 1 saturated heterocycles. The number of benzene rings is 1. The maximum atomic E-state index is 3.93. The van der Waals surface area contributed by atoms with E-state index in [9.17, 15) is 0 Å². The Hall–Kier alpha value is -0.860. The summed E-state index contributed by atoms with van der Waals surface area (Å²) in [5, 5.41) is 3.93. The smallest absolute Gasteiger partial charge is 0.0203 e. The molecule has 0 radical (unpaired) electrons. The molecule has 2 heteroatoms. The lowest BCUT2D eigenvalue weighted by atomic mass is 9.86. The van der Waals surface area contributed by atoms with Crippen molar-refractivity contribution < 1.29 is 0 Å². The van der Waals surface area contributed by atoms with E-state index in [1.165, 1.54) is 61.9 Å². The maximum Gasteiger partial charge on any atom is 0.0203 e. The van der Waals surface area contributed by atoms with Crippen LogP contribution in [0.15, 0.2) is 18.2 Å². The quantitative estimate of drug-likeness (QED) is 0.913. The van der Waals surface area contributed by atoms with Gasteiger partial charge in [-0.1, -0.05) is 31.0 Å². The molecule has 116 valence electrons. The van der Waals surface area contributed by atoms with Crippen molar-refractivity contribution in [1.82, 2.24) is 10.2 Å². The summed E-state index contributed by atoms with van der Waals surface area (Å²) in [5.74, 6) is 0.682. The highest BCUT2D eigenvalue weighted by atomic mass is 15.1. The Bertz CT molecular complexity index is 476. The molecule has 3 rings (SSSR count). The highest BCUT2D eigenvalue weighted by Gasteiger charge is 2.28. The highest BCUT2D eigenvalue weighted by molar-refractivity contribution is 5.32. The van der Waals surface area contributed by atoms with Gasteiger partial charge in [-0.25, -0.2) is 0 Å². The van der Waals surface area contributed by atoms with E-state index < -0.39 is 0 Å². The highest BCUT2D eigenvalue weighted by Crippen LogP contribution is 2.29. The first kappa shape index (κ1) is 15.1. The molecule has 1 aliphatic carbocycles. The fourth-order valence-corrected chi connectivity index (χ4v) is 4.13. The van der Waals surface area contributed by atoms with Crippen molar-refractivity contribution in [3.8, 4) is 0 Å². The van der Waals surface area contributed by atoms with Crippen LogP contribution < -0.4 is 5.32 Å². The molecule has 1 heterocycles. The minimum atomic E-state index is 0.665. The van der Waals surface area contributed by atoms with Gasteiger partial charge in [-0.2, -0.15) is 0 Å². The molecule has 2 atom stereocenters. The minimum Gasteiger partial charge on any atom is -0.310 e. The summed E-state index contributed by atoms with van der Waals surface area (Å²) in [6.45, 7) is 6.85. The van der Waals surface area contributed by atoms with Crippen LogP contribution in [0.2, 0.25) is 0 Å². The van der Waals surface area contributed by atoms with Crippen LogP contribution in [0.3, 0.4) is 0 Å². The molecule has 0 spiro atoms. The molecule has 0 bridgehead atoms. The molecule has 1 saturated carbocycles. The standard InChI is InChI=1S/C19H30N2/c1-14-8-9-16(10-15(14)2)17-11-19(13-21(3)12-17)20-18-6-4-5-7-18/h8-10,17-20H,4-7,11-13H2,1-3H3. The van der Waals surface area contributed by atoms with E-state index in [1.807, 2.05) is 0 Å². The fraction of sp³-hybridized carbons (Fsp3) is 0.684. The summed E-state index contributed by atoms with van der Waals surface area (Å²) in [6.07, 6.45) is 6.90. The van der Waals surface area contributed by atoms with Gasteiger partial charge in [-0.3, -0.25) is 0 Å². The van der Waals surface area contributed by atoms with Crippen molar-refractivity contribution in [2.75, 3.05) is 20.1 Å². The Labute approximate surface area is 129 Å². The van der Waals surface area contributed by atoms with E-state index in [1.54, 1.807) is 0 Å². The van der Waals surface area contributed by atoms with Crippen LogP contribution >= 0.6 is 0 Å². The normalized spacial score (nSPS) is 28.1. The SMILES string of the molecule is Cc1ccc(C2CC(NC3CCCC3)CN(C)C2)cc1C. The molecular formula is C19H30N2. The predicted octanol–water partition coefficient (Wildman–Crippen LogP) is 3.62. The molecule has 1 aromatic rings. The lowest BCUT2D eigenvalue weighted by Gasteiger charge is -2.38. The average molecular weight is 286 g/mol. The number of piperidine rings is 1. The average Bonchev–Trinajstić information content (AvgIpc) is 2.94. The Kier molecular flexibility index (Phi) is 4.66. The van der Waals surface area contributed by atoms with Gasteiger partial charge in [0.1, 0.15) is 0 Å². The monoisotopic (exact) mass is 286 g/mol. The van der Waals surface area contributed by atoms with Gasteiger partial charge < -0.3 is 10.2 Å². The van der Waals surface area contributed by atoms with Crippen LogP contribution in [0.4, 0.5) is 0 Å². The number of hydrogen-bond donors (Lipinski definition) is 1. The van der Waals surface area contributed by atoms with Gasteiger partial charge in [-0.15, -0.1) is 0 Å². The van der Waals surface area contributed by atoms with Crippen molar-refractivity contribution in [2.24, 2.45) is 0 Å². The third-order valence-electron chi connectivity index (χ3n) is 5.46. The molecule has 1 N–H and O–H groups in total. The van der Waals surface area contributed by atoms with Gasteiger partial charge in [-0.05, 0) is 62.8 Å². The molecule has 2 unspecified atom stereocenters. The van der Waals surface area contributed by atoms with Crippen LogP contribution in [0.5, 0.6) is 0 Å². The molecule has 2 aliphatic rings. The zero-order chi connectivity index (χ0) is 14.8. The van der Waals surface area contributed by atoms with Crippen molar-refractivity contribution in [3.63, 3.8) is 0 Å². The van der Waals surface area contributed by atoms with Crippen LogP contribution in [0.1, 0.15) is 54.7 Å². The van der Waals surface area contributed by atoms with Crippen LogP contribution in [-0.4, -0.2) is 37.1 Å². The van der Waals surface area contributed by atoms with Crippen molar-refractivity contribution in [3.05, 3.63) is 34.9 Å². The molecular weight excluding hydrogens is 256 g/mol. The van der Waals surface area contributed by atoms with Crippen molar-refractivity contribution >= 4 is 0 Å². The van der Waals surface area contributed by atoms with E-state index in [0.29, 0.717) is 12.0 Å². The lowest BCUT2D eigenvalue weighted by molar-refractivity contribution is 0.195. The van der Waals surface area contributed by atoms with Crippen LogP contribution in [0.25, 0.3) is 0 Å². The van der Waals surface area contributed by atoms with Gasteiger partial charge in [0, 0.05) is 25.2 Å². The Morgan fingerprint density at radius 2 is 1.76 bits per heavy atom. The fourth-order valence-electron chi connectivity index (χ4n) is 4.13. The van der Waals surface area contributed by atoms with Crippen molar-refractivity contribution in [1.29, 1.82) is 0 Å². The first-order valence-corrected chi connectivity index (χ1v) is 8.63. The van der Waals surface area contributed by atoms with Crippen LogP contribution in [-0.2, 0) is 0 Å². The zero-order valence-corrected chi connectivity index (χ0v) is 13.9. The summed E-state index contributed by atoms with van der Waals surface area (Å²) < 4.78 is 0. The number of likely N-dealkylation sites (N-methyl/N-ethyl adjacent to an activating group) is 1. The second-order valence-corrected chi connectivity index (χ2v) is 7.34. The number of nitrogens with one attached hydrogen (secondary N) is 1. The number of hydrogen-bond acceptors (Lipinski definition) is 2. The van der Waals surface area contributed by atoms with E-state index in [-0.39, 0.29) is 0 Å². The van der Waals surface area contributed by atoms with E-state index >= 15 is 0 Å². The number of nitrogens with zero attached hydrogens (tertiary/aromatic N) is 1. The topological polar surface area (TPSA) is 15.3 Å². The zero-order valence-electron chi connectivity index (χ0n) is 13.9. The second kappa shape index (κ2) is 6.50. The van der Waals surface area contributed by atoms with Gasteiger partial charge in [0.25, 0.3) is 0 Å². The predicted molar refractivity (Wildman–Crippen MR) is 90.0 cm³/mol. The molecule has 0 amide bonds.